The summed E-state index contributed by atoms with van der Waals surface area (Å²) in [5, 5.41) is 9.15. The Kier molecular flexibility index (Phi) is 3.08. The lowest BCUT2D eigenvalue weighted by Crippen LogP contribution is -1.94. The second kappa shape index (κ2) is 4.28. The minimum atomic E-state index is -0.776. The largest absolute Gasteiger partial charge is 0.504 e. The van der Waals surface area contributed by atoms with Gasteiger partial charge in [-0.2, -0.15) is 0 Å². The van der Waals surface area contributed by atoms with Gasteiger partial charge in [0.15, 0.2) is 11.6 Å². The molecule has 0 aromatic heterocycles. The van der Waals surface area contributed by atoms with Crippen LogP contribution >= 0.6 is 0 Å². The standard InChI is InChI=1S/C10H7FO3/c1-14-9(12)6-5-7-3-2-4-8(11)10(7)13/h2-4,13H,1H3. The summed E-state index contributed by atoms with van der Waals surface area (Å²) in [6, 6.07) is 3.88. The van der Waals surface area contributed by atoms with Crippen molar-refractivity contribution >= 4 is 5.97 Å². The van der Waals surface area contributed by atoms with Gasteiger partial charge < -0.3 is 9.84 Å². The van der Waals surface area contributed by atoms with Crippen molar-refractivity contribution in [2.75, 3.05) is 7.11 Å². The maximum atomic E-state index is 12.8. The Morgan fingerprint density at radius 1 is 1.57 bits per heavy atom. The molecule has 0 saturated heterocycles. The summed E-state index contributed by atoms with van der Waals surface area (Å²) >= 11 is 0. The number of aromatic hydroxyl groups is 1. The van der Waals surface area contributed by atoms with E-state index in [1.807, 2.05) is 0 Å². The third kappa shape index (κ3) is 2.23. The van der Waals surface area contributed by atoms with Gasteiger partial charge in [-0.05, 0) is 12.1 Å². The maximum Gasteiger partial charge on any atom is 0.384 e. The molecule has 3 nitrogen and oxygen atoms in total. The summed E-state index contributed by atoms with van der Waals surface area (Å²) in [5.41, 5.74) is 0.0513. The highest BCUT2D eigenvalue weighted by Gasteiger charge is 2.03. The van der Waals surface area contributed by atoms with E-state index in [1.54, 1.807) is 0 Å². The highest BCUT2D eigenvalue weighted by molar-refractivity contribution is 5.89. The van der Waals surface area contributed by atoms with E-state index in [0.717, 1.165) is 6.07 Å². The number of phenols is 1. The van der Waals surface area contributed by atoms with Gasteiger partial charge in [0.1, 0.15) is 0 Å². The van der Waals surface area contributed by atoms with Gasteiger partial charge in [-0.15, -0.1) is 0 Å². The average molecular weight is 194 g/mol. The fraction of sp³-hybridized carbons (Fsp3) is 0.100. The lowest BCUT2D eigenvalue weighted by atomic mass is 10.2. The number of ether oxygens (including phenoxy) is 1. The van der Waals surface area contributed by atoms with E-state index in [2.05, 4.69) is 16.6 Å². The minimum Gasteiger partial charge on any atom is -0.504 e. The third-order valence-corrected chi connectivity index (χ3v) is 1.47. The summed E-state index contributed by atoms with van der Waals surface area (Å²) in [6.07, 6.45) is 0. The lowest BCUT2D eigenvalue weighted by Gasteiger charge is -1.96. The Morgan fingerprint density at radius 2 is 2.29 bits per heavy atom. The molecule has 1 aromatic rings. The van der Waals surface area contributed by atoms with Gasteiger partial charge in [0.2, 0.25) is 0 Å². The van der Waals surface area contributed by atoms with Crippen molar-refractivity contribution < 1.29 is 19.0 Å². The van der Waals surface area contributed by atoms with E-state index in [4.69, 9.17) is 5.11 Å². The summed E-state index contributed by atoms with van der Waals surface area (Å²) in [6.45, 7) is 0. The van der Waals surface area contributed by atoms with Crippen molar-refractivity contribution in [2.24, 2.45) is 0 Å². The SMILES string of the molecule is COC(=O)C#Cc1cccc(F)c1O. The molecule has 0 aliphatic heterocycles. The monoisotopic (exact) mass is 194 g/mol. The Balaban J connectivity index is 3.01. The quantitative estimate of drug-likeness (QED) is 0.496. The Hall–Kier alpha value is -2.02. The molecule has 0 atom stereocenters. The summed E-state index contributed by atoms with van der Waals surface area (Å²) in [4.78, 5) is 10.6. The first-order valence-electron chi connectivity index (χ1n) is 3.72. The molecule has 0 aliphatic carbocycles. The number of benzene rings is 1. The number of para-hydroxylation sites is 1. The number of esters is 1. The van der Waals surface area contributed by atoms with Gasteiger partial charge in [0.25, 0.3) is 0 Å². The Morgan fingerprint density at radius 3 is 2.93 bits per heavy atom. The molecule has 0 bridgehead atoms. The number of hydrogen-bond acceptors (Lipinski definition) is 3. The number of carbonyl (C=O) groups is 1. The molecule has 72 valence electrons. The predicted molar refractivity (Wildman–Crippen MR) is 47.0 cm³/mol. The highest BCUT2D eigenvalue weighted by atomic mass is 19.1. The molecule has 0 spiro atoms. The number of methoxy groups -OCH3 is 1. The second-order valence-electron chi connectivity index (χ2n) is 2.38. The molecule has 0 fully saturated rings. The first kappa shape index (κ1) is 10.1. The smallest absolute Gasteiger partial charge is 0.384 e. The van der Waals surface area contributed by atoms with Gasteiger partial charge in [-0.1, -0.05) is 12.0 Å². The normalized spacial score (nSPS) is 8.71. The van der Waals surface area contributed by atoms with Crippen LogP contribution in [0.25, 0.3) is 0 Å². The highest BCUT2D eigenvalue weighted by Crippen LogP contribution is 2.19. The molecule has 0 unspecified atom stereocenters. The number of phenolic OH excluding ortho intramolecular Hbond substituents is 1. The van der Waals surface area contributed by atoms with Crippen molar-refractivity contribution in [3.05, 3.63) is 29.6 Å². The molecule has 0 amide bonds. The van der Waals surface area contributed by atoms with Crippen molar-refractivity contribution in [3.63, 3.8) is 0 Å². The molecule has 14 heavy (non-hydrogen) atoms. The maximum absolute atomic E-state index is 12.8. The van der Waals surface area contributed by atoms with Crippen LogP contribution in [-0.4, -0.2) is 18.2 Å². The molecule has 0 heterocycles. The van der Waals surface area contributed by atoms with E-state index in [1.165, 1.54) is 19.2 Å². The first-order valence-corrected chi connectivity index (χ1v) is 3.72. The van der Waals surface area contributed by atoms with Crippen LogP contribution in [0.1, 0.15) is 5.56 Å². The number of carbonyl (C=O) groups excluding carboxylic acids is 1. The zero-order valence-electron chi connectivity index (χ0n) is 7.37. The second-order valence-corrected chi connectivity index (χ2v) is 2.38. The molecule has 1 N–H and O–H groups in total. The lowest BCUT2D eigenvalue weighted by molar-refractivity contribution is -0.133. The fourth-order valence-corrected chi connectivity index (χ4v) is 0.786. The average Bonchev–Trinajstić information content (AvgIpc) is 2.20. The molecule has 4 heteroatoms. The first-order chi connectivity index (χ1) is 6.65. The van der Waals surface area contributed by atoms with Gasteiger partial charge in [0.05, 0.1) is 12.7 Å². The molecule has 0 aliphatic rings. The van der Waals surface area contributed by atoms with Gasteiger partial charge in [-0.25, -0.2) is 9.18 Å². The van der Waals surface area contributed by atoms with Crippen molar-refractivity contribution in [1.29, 1.82) is 0 Å². The zero-order chi connectivity index (χ0) is 10.6. The van der Waals surface area contributed by atoms with E-state index < -0.39 is 17.5 Å². The van der Waals surface area contributed by atoms with Crippen LogP contribution in [0.4, 0.5) is 4.39 Å². The van der Waals surface area contributed by atoms with E-state index in [-0.39, 0.29) is 5.56 Å². The van der Waals surface area contributed by atoms with Crippen LogP contribution < -0.4 is 0 Å². The topological polar surface area (TPSA) is 46.5 Å². The third-order valence-electron chi connectivity index (χ3n) is 1.47. The van der Waals surface area contributed by atoms with Crippen molar-refractivity contribution in [2.45, 2.75) is 0 Å². The zero-order valence-corrected chi connectivity index (χ0v) is 7.37. The predicted octanol–water partition coefficient (Wildman–Crippen LogP) is 1.06. The molecule has 0 radical (unpaired) electrons. The summed E-state index contributed by atoms with van der Waals surface area (Å²) in [5.74, 6) is 2.28. The number of rotatable bonds is 0. The van der Waals surface area contributed by atoms with Crippen LogP contribution in [0.2, 0.25) is 0 Å². The Labute approximate surface area is 80.1 Å². The van der Waals surface area contributed by atoms with Gasteiger partial charge in [-0.3, -0.25) is 0 Å². The number of halogens is 1. The van der Waals surface area contributed by atoms with Crippen LogP contribution in [0.15, 0.2) is 18.2 Å². The fourth-order valence-electron chi connectivity index (χ4n) is 0.786. The van der Waals surface area contributed by atoms with Gasteiger partial charge in [0, 0.05) is 5.92 Å². The Bertz CT molecular complexity index is 415. The summed E-state index contributed by atoms with van der Waals surface area (Å²) in [7, 11) is 1.18. The van der Waals surface area contributed by atoms with Gasteiger partial charge >= 0.3 is 5.97 Å². The molecule has 0 saturated carbocycles. The molecule has 1 aromatic carbocycles. The minimum absolute atomic E-state index is 0.0513. The molecular formula is C10H7FO3. The number of hydrogen-bond donors (Lipinski definition) is 1. The summed E-state index contributed by atoms with van der Waals surface area (Å²) < 4.78 is 17.0. The molecular weight excluding hydrogens is 187 g/mol. The van der Waals surface area contributed by atoms with Crippen molar-refractivity contribution in [3.8, 4) is 17.6 Å². The van der Waals surface area contributed by atoms with Crippen LogP contribution in [0, 0.1) is 17.7 Å². The van der Waals surface area contributed by atoms with Crippen molar-refractivity contribution in [1.82, 2.24) is 0 Å². The van der Waals surface area contributed by atoms with E-state index >= 15 is 0 Å². The van der Waals surface area contributed by atoms with Crippen LogP contribution in [-0.2, 0) is 9.53 Å². The van der Waals surface area contributed by atoms with E-state index in [9.17, 15) is 9.18 Å². The molecule has 1 rings (SSSR count). The van der Waals surface area contributed by atoms with Crippen LogP contribution in [0.5, 0.6) is 5.75 Å². The van der Waals surface area contributed by atoms with Crippen LogP contribution in [0.3, 0.4) is 0 Å². The van der Waals surface area contributed by atoms with E-state index in [0.29, 0.717) is 0 Å².